The van der Waals surface area contributed by atoms with E-state index in [9.17, 15) is 29.3 Å². The van der Waals surface area contributed by atoms with Crippen molar-refractivity contribution in [2.45, 2.75) is 4.90 Å². The summed E-state index contributed by atoms with van der Waals surface area (Å²) in [5, 5.41) is 11.4. The molecule has 0 bridgehead atoms. The van der Waals surface area contributed by atoms with E-state index < -0.39 is 35.2 Å². The Kier molecular flexibility index (Phi) is 6.24. The minimum absolute atomic E-state index is 0.0268. The molecule has 34 heavy (non-hydrogen) atoms. The van der Waals surface area contributed by atoms with Gasteiger partial charge in [-0.25, -0.2) is 9.69 Å². The molecule has 1 heterocycles. The molecule has 9 nitrogen and oxygen atoms in total. The van der Waals surface area contributed by atoms with Crippen LogP contribution in [0.5, 0.6) is 0 Å². The van der Waals surface area contributed by atoms with Crippen molar-refractivity contribution in [3.63, 3.8) is 0 Å². The molecule has 2 amide bonds. The average Bonchev–Trinajstić information content (AvgIpc) is 3.11. The molecule has 4 rings (SSSR count). The van der Waals surface area contributed by atoms with Gasteiger partial charge in [-0.1, -0.05) is 30.3 Å². The van der Waals surface area contributed by atoms with E-state index in [1.165, 1.54) is 54.2 Å². The highest BCUT2D eigenvalue weighted by molar-refractivity contribution is 7.98. The standard InChI is InChI=1S/C24H16N2O7S/c1-34-20-11-10-14(12-19(20)26(31)32)21(27)15-6-2-5-9-18(15)24(30)33-13-25-22(28)16-7-3-4-8-17(16)23(25)29/h2-12H,13H2,1H3. The third kappa shape index (κ3) is 4.06. The molecule has 3 aromatic carbocycles. The lowest BCUT2D eigenvalue weighted by molar-refractivity contribution is -0.387. The molecule has 0 radical (unpaired) electrons. The molecule has 1 aliphatic heterocycles. The van der Waals surface area contributed by atoms with Crippen LogP contribution in [0.25, 0.3) is 0 Å². The molecule has 0 saturated carbocycles. The quantitative estimate of drug-likeness (QED) is 0.125. The number of esters is 1. The SMILES string of the molecule is CSc1ccc(C(=O)c2ccccc2C(=O)OCN2C(=O)c3ccccc3C2=O)cc1[N+](=O)[O-]. The van der Waals surface area contributed by atoms with Crippen molar-refractivity contribution in [2.24, 2.45) is 0 Å². The van der Waals surface area contributed by atoms with Crippen LogP contribution in [-0.4, -0.2) is 46.4 Å². The Balaban J connectivity index is 1.56. The van der Waals surface area contributed by atoms with Crippen LogP contribution in [0.1, 0.15) is 47.0 Å². The monoisotopic (exact) mass is 476 g/mol. The zero-order chi connectivity index (χ0) is 24.4. The second-order valence-electron chi connectivity index (χ2n) is 7.16. The van der Waals surface area contributed by atoms with Gasteiger partial charge in [-0.3, -0.25) is 24.5 Å². The van der Waals surface area contributed by atoms with Crippen LogP contribution in [0.3, 0.4) is 0 Å². The Hall–Kier alpha value is -4.31. The Morgan fingerprint density at radius 3 is 2.12 bits per heavy atom. The molecule has 0 unspecified atom stereocenters. The minimum atomic E-state index is -0.921. The lowest BCUT2D eigenvalue weighted by Gasteiger charge is -2.15. The predicted octanol–water partition coefficient (Wildman–Crippen LogP) is 3.96. The number of carbonyl (C=O) groups excluding carboxylic acids is 4. The number of hydrogen-bond donors (Lipinski definition) is 0. The first-order chi connectivity index (χ1) is 16.3. The number of fused-ring (bicyclic) bond motifs is 1. The van der Waals surface area contributed by atoms with Crippen molar-refractivity contribution in [3.05, 3.63) is 105 Å². The number of benzene rings is 3. The number of thioether (sulfide) groups is 1. The fourth-order valence-electron chi connectivity index (χ4n) is 3.55. The largest absolute Gasteiger partial charge is 0.440 e. The first-order valence-corrected chi connectivity index (χ1v) is 11.1. The van der Waals surface area contributed by atoms with E-state index in [1.54, 1.807) is 24.5 Å². The number of hydrogen-bond acceptors (Lipinski definition) is 8. The van der Waals surface area contributed by atoms with Gasteiger partial charge in [-0.05, 0) is 36.6 Å². The van der Waals surface area contributed by atoms with E-state index in [1.807, 2.05) is 0 Å². The van der Waals surface area contributed by atoms with Crippen LogP contribution >= 0.6 is 11.8 Å². The molecule has 10 heteroatoms. The van der Waals surface area contributed by atoms with Gasteiger partial charge in [-0.15, -0.1) is 11.8 Å². The first kappa shape index (κ1) is 22.9. The molecule has 0 fully saturated rings. The molecule has 0 aliphatic carbocycles. The topological polar surface area (TPSA) is 124 Å². The van der Waals surface area contributed by atoms with Gasteiger partial charge in [0.15, 0.2) is 12.5 Å². The summed E-state index contributed by atoms with van der Waals surface area (Å²) in [6, 6.07) is 16.2. The van der Waals surface area contributed by atoms with Crippen molar-refractivity contribution >= 4 is 41.0 Å². The normalized spacial score (nSPS) is 12.4. The number of imide groups is 1. The van der Waals surface area contributed by atoms with Gasteiger partial charge in [0.1, 0.15) is 0 Å². The first-order valence-electron chi connectivity index (χ1n) is 9.92. The Morgan fingerprint density at radius 2 is 1.53 bits per heavy atom. The number of nitro benzene ring substituents is 1. The van der Waals surface area contributed by atoms with Gasteiger partial charge < -0.3 is 4.74 Å². The predicted molar refractivity (Wildman–Crippen MR) is 122 cm³/mol. The summed E-state index contributed by atoms with van der Waals surface area (Å²) in [7, 11) is 0. The van der Waals surface area contributed by atoms with Crippen LogP contribution in [0, 0.1) is 10.1 Å². The smallest absolute Gasteiger partial charge is 0.340 e. The highest BCUT2D eigenvalue weighted by Crippen LogP contribution is 2.29. The Bertz CT molecular complexity index is 1330. The van der Waals surface area contributed by atoms with Crippen LogP contribution in [-0.2, 0) is 4.74 Å². The summed E-state index contributed by atoms with van der Waals surface area (Å²) < 4.78 is 5.19. The zero-order valence-electron chi connectivity index (χ0n) is 17.7. The lowest BCUT2D eigenvalue weighted by atomic mass is 9.98. The Labute approximate surface area is 197 Å². The molecular formula is C24H16N2O7S. The molecular weight excluding hydrogens is 460 g/mol. The summed E-state index contributed by atoms with van der Waals surface area (Å²) in [4.78, 5) is 62.8. The molecule has 0 aromatic heterocycles. The number of ether oxygens (including phenoxy) is 1. The van der Waals surface area contributed by atoms with Crippen LogP contribution in [0.2, 0.25) is 0 Å². The van der Waals surface area contributed by atoms with Gasteiger partial charge in [0.25, 0.3) is 17.5 Å². The van der Waals surface area contributed by atoms with E-state index in [0.29, 0.717) is 4.90 Å². The van der Waals surface area contributed by atoms with Crippen molar-refractivity contribution in [3.8, 4) is 0 Å². The van der Waals surface area contributed by atoms with Gasteiger partial charge >= 0.3 is 5.97 Å². The molecule has 0 spiro atoms. The zero-order valence-corrected chi connectivity index (χ0v) is 18.5. The van der Waals surface area contributed by atoms with Crippen molar-refractivity contribution < 1.29 is 28.8 Å². The molecule has 170 valence electrons. The summed E-state index contributed by atoms with van der Waals surface area (Å²) in [6.45, 7) is -0.623. The van der Waals surface area contributed by atoms with E-state index in [-0.39, 0.29) is 33.5 Å². The molecule has 3 aromatic rings. The van der Waals surface area contributed by atoms with E-state index in [2.05, 4.69) is 0 Å². The fraction of sp³-hybridized carbons (Fsp3) is 0.0833. The summed E-state index contributed by atoms with van der Waals surface area (Å²) in [6.07, 6.45) is 1.68. The maximum absolute atomic E-state index is 13.1. The second kappa shape index (κ2) is 9.28. The van der Waals surface area contributed by atoms with Crippen molar-refractivity contribution in [1.82, 2.24) is 4.90 Å². The van der Waals surface area contributed by atoms with Gasteiger partial charge in [0, 0.05) is 17.2 Å². The highest BCUT2D eigenvalue weighted by atomic mass is 32.2. The minimum Gasteiger partial charge on any atom is -0.440 e. The fourth-order valence-corrected chi connectivity index (χ4v) is 4.09. The van der Waals surface area contributed by atoms with Crippen LogP contribution in [0.15, 0.2) is 71.6 Å². The average molecular weight is 476 g/mol. The summed E-state index contributed by atoms with van der Waals surface area (Å²) in [5.74, 6) is -2.70. The van der Waals surface area contributed by atoms with Gasteiger partial charge in [0.05, 0.1) is 26.5 Å². The highest BCUT2D eigenvalue weighted by Gasteiger charge is 2.36. The molecule has 0 N–H and O–H groups in total. The number of rotatable bonds is 7. The number of amides is 2. The van der Waals surface area contributed by atoms with Crippen LogP contribution in [0.4, 0.5) is 5.69 Å². The number of ketones is 1. The number of nitro groups is 1. The van der Waals surface area contributed by atoms with Gasteiger partial charge in [-0.2, -0.15) is 0 Å². The number of carbonyl (C=O) groups is 4. The summed E-state index contributed by atoms with van der Waals surface area (Å²) in [5.41, 5.74) is 0.125. The molecule has 1 aliphatic rings. The molecule has 0 saturated heterocycles. The second-order valence-corrected chi connectivity index (χ2v) is 8.01. The maximum atomic E-state index is 13.1. The van der Waals surface area contributed by atoms with E-state index >= 15 is 0 Å². The third-order valence-corrected chi connectivity index (χ3v) is 6.02. The lowest BCUT2D eigenvalue weighted by Crippen LogP contribution is -2.33. The van der Waals surface area contributed by atoms with E-state index in [4.69, 9.17) is 4.74 Å². The van der Waals surface area contributed by atoms with Crippen molar-refractivity contribution in [1.29, 1.82) is 0 Å². The third-order valence-electron chi connectivity index (χ3n) is 5.23. The van der Waals surface area contributed by atoms with Crippen molar-refractivity contribution in [2.75, 3.05) is 13.0 Å². The maximum Gasteiger partial charge on any atom is 0.340 e. The van der Waals surface area contributed by atoms with Gasteiger partial charge in [0.2, 0.25) is 0 Å². The number of nitrogens with zero attached hydrogens (tertiary/aromatic N) is 2. The van der Waals surface area contributed by atoms with E-state index in [0.717, 1.165) is 11.0 Å². The van der Waals surface area contributed by atoms with Crippen LogP contribution < -0.4 is 0 Å². The summed E-state index contributed by atoms with van der Waals surface area (Å²) >= 11 is 1.18. The molecule has 0 atom stereocenters. The Morgan fingerprint density at radius 1 is 0.941 bits per heavy atom.